The van der Waals surface area contributed by atoms with E-state index in [1.807, 2.05) is 0 Å². The predicted molar refractivity (Wildman–Crippen MR) is 56.2 cm³/mol. The molecule has 12 heavy (non-hydrogen) atoms. The largest absolute Gasteiger partial charge is 0.193 e. The van der Waals surface area contributed by atoms with E-state index in [0.29, 0.717) is 15.7 Å². The fourth-order valence-electron chi connectivity index (χ4n) is 0.651. The summed E-state index contributed by atoms with van der Waals surface area (Å²) in [5.41, 5.74) is 0.473. The lowest BCUT2D eigenvalue weighted by molar-refractivity contribution is 1.55. The minimum Gasteiger partial charge on any atom is -0.193 e. The van der Waals surface area contributed by atoms with Gasteiger partial charge in [-0.2, -0.15) is 4.99 Å². The van der Waals surface area contributed by atoms with Crippen LogP contribution >= 0.6 is 47.0 Å². The fourth-order valence-corrected chi connectivity index (χ4v) is 1.32. The van der Waals surface area contributed by atoms with Crippen LogP contribution < -0.4 is 0 Å². The molecule has 0 aliphatic heterocycles. The van der Waals surface area contributed by atoms with Crippen molar-refractivity contribution < 1.29 is 0 Å². The average molecular weight is 239 g/mol. The molecular weight excluding hydrogens is 237 g/mol. The number of isothiocyanates is 1. The summed E-state index contributed by atoms with van der Waals surface area (Å²) in [5, 5.41) is 3.16. The molecule has 1 aromatic carbocycles. The number of thiocarbonyl (C=S) groups is 1. The maximum atomic E-state index is 5.78. The number of hydrogen-bond donors (Lipinski definition) is 0. The van der Waals surface area contributed by atoms with Crippen molar-refractivity contribution in [1.82, 2.24) is 0 Å². The van der Waals surface area contributed by atoms with Gasteiger partial charge in [-0.05, 0) is 24.4 Å². The number of benzene rings is 1. The van der Waals surface area contributed by atoms with E-state index in [2.05, 4.69) is 22.4 Å². The van der Waals surface area contributed by atoms with Gasteiger partial charge in [0.05, 0.1) is 25.9 Å². The molecule has 0 saturated heterocycles. The number of rotatable bonds is 1. The van der Waals surface area contributed by atoms with Crippen LogP contribution in [0.2, 0.25) is 15.1 Å². The third-order valence-electron chi connectivity index (χ3n) is 1.18. The molecule has 0 amide bonds. The predicted octanol–water partition coefficient (Wildman–Crippen LogP) is 4.38. The number of aliphatic imine (C=N–C) groups is 1. The van der Waals surface area contributed by atoms with Gasteiger partial charge in [0.15, 0.2) is 0 Å². The van der Waals surface area contributed by atoms with Crippen molar-refractivity contribution in [2.75, 3.05) is 0 Å². The summed E-state index contributed by atoms with van der Waals surface area (Å²) >= 11 is 21.6. The van der Waals surface area contributed by atoms with Gasteiger partial charge in [0.25, 0.3) is 0 Å². The van der Waals surface area contributed by atoms with E-state index in [0.717, 1.165) is 0 Å². The molecular formula is C7H2Cl3NS. The van der Waals surface area contributed by atoms with Crippen LogP contribution in [0.1, 0.15) is 0 Å². The molecule has 0 spiro atoms. The highest BCUT2D eigenvalue weighted by molar-refractivity contribution is 7.78. The molecule has 0 saturated carbocycles. The van der Waals surface area contributed by atoms with Gasteiger partial charge in [0.2, 0.25) is 0 Å². The first-order chi connectivity index (χ1) is 5.66. The van der Waals surface area contributed by atoms with E-state index in [1.54, 1.807) is 12.1 Å². The molecule has 62 valence electrons. The summed E-state index contributed by atoms with van der Waals surface area (Å²) < 4.78 is 0. The first kappa shape index (κ1) is 9.97. The summed E-state index contributed by atoms with van der Waals surface area (Å²) in [6, 6.07) is 3.22. The molecule has 0 N–H and O–H groups in total. The smallest absolute Gasteiger partial charge is 0.0941 e. The van der Waals surface area contributed by atoms with Gasteiger partial charge in [-0.25, -0.2) is 0 Å². The van der Waals surface area contributed by atoms with E-state index in [-0.39, 0.29) is 5.02 Å². The zero-order valence-electron chi connectivity index (χ0n) is 5.64. The Kier molecular flexibility index (Phi) is 3.51. The average Bonchev–Trinajstić information content (AvgIpc) is 2.07. The standard InChI is InChI=1S/C7H2Cl3NS/c8-4-1-2-5(11-3-12)7(10)6(4)9/h1-2H. The quantitative estimate of drug-likeness (QED) is 0.402. The molecule has 0 fully saturated rings. The van der Waals surface area contributed by atoms with Gasteiger partial charge < -0.3 is 0 Å². The normalized spacial score (nSPS) is 9.25. The van der Waals surface area contributed by atoms with Crippen LogP contribution in [0, 0.1) is 0 Å². The van der Waals surface area contributed by atoms with Crippen LogP contribution in [-0.2, 0) is 0 Å². The first-order valence-electron chi connectivity index (χ1n) is 2.88. The van der Waals surface area contributed by atoms with Crippen molar-refractivity contribution in [3.05, 3.63) is 27.2 Å². The zero-order chi connectivity index (χ0) is 9.14. The topological polar surface area (TPSA) is 12.4 Å². The Hall–Kier alpha value is -0.110. The number of halogens is 3. The minimum absolute atomic E-state index is 0.282. The van der Waals surface area contributed by atoms with Gasteiger partial charge in [0, 0.05) is 0 Å². The Balaban J connectivity index is 3.35. The van der Waals surface area contributed by atoms with E-state index < -0.39 is 0 Å². The maximum Gasteiger partial charge on any atom is 0.0941 e. The van der Waals surface area contributed by atoms with Crippen molar-refractivity contribution in [2.45, 2.75) is 0 Å². The molecule has 0 unspecified atom stereocenters. The lowest BCUT2D eigenvalue weighted by Crippen LogP contribution is -1.72. The third kappa shape index (κ3) is 1.98. The van der Waals surface area contributed by atoms with E-state index >= 15 is 0 Å². The van der Waals surface area contributed by atoms with Gasteiger partial charge >= 0.3 is 0 Å². The fraction of sp³-hybridized carbons (Fsp3) is 0. The molecule has 0 heterocycles. The van der Waals surface area contributed by atoms with Gasteiger partial charge in [0.1, 0.15) is 0 Å². The minimum atomic E-state index is 0.282. The second-order valence-electron chi connectivity index (χ2n) is 1.90. The third-order valence-corrected chi connectivity index (χ3v) is 2.56. The molecule has 0 aromatic heterocycles. The Morgan fingerprint density at radius 3 is 2.42 bits per heavy atom. The molecule has 5 heteroatoms. The van der Waals surface area contributed by atoms with Crippen LogP contribution in [0.15, 0.2) is 17.1 Å². The lowest BCUT2D eigenvalue weighted by Gasteiger charge is -1.99. The SMILES string of the molecule is S=C=Nc1ccc(Cl)c(Cl)c1Cl. The van der Waals surface area contributed by atoms with Crippen LogP contribution in [0.25, 0.3) is 0 Å². The van der Waals surface area contributed by atoms with Crippen LogP contribution in [0.5, 0.6) is 0 Å². The van der Waals surface area contributed by atoms with Crippen molar-refractivity contribution in [2.24, 2.45) is 4.99 Å². The summed E-state index contributed by atoms with van der Waals surface area (Å²) in [6.07, 6.45) is 0. The second-order valence-corrected chi connectivity index (χ2v) is 3.24. The van der Waals surface area contributed by atoms with Crippen LogP contribution in [-0.4, -0.2) is 5.16 Å². The van der Waals surface area contributed by atoms with Crippen molar-refractivity contribution >= 4 is 57.9 Å². The summed E-state index contributed by atoms with van der Waals surface area (Å²) in [5.74, 6) is 0. The Bertz CT molecular complexity index is 358. The van der Waals surface area contributed by atoms with E-state index in [9.17, 15) is 0 Å². The summed E-state index contributed by atoms with van der Waals surface area (Å²) in [4.78, 5) is 3.70. The monoisotopic (exact) mass is 237 g/mol. The van der Waals surface area contributed by atoms with Crippen molar-refractivity contribution in [1.29, 1.82) is 0 Å². The second kappa shape index (κ2) is 4.22. The van der Waals surface area contributed by atoms with Crippen molar-refractivity contribution in [3.63, 3.8) is 0 Å². The molecule has 1 aromatic rings. The highest BCUT2D eigenvalue weighted by atomic mass is 35.5. The molecule has 0 radical (unpaired) electrons. The van der Waals surface area contributed by atoms with E-state index in [4.69, 9.17) is 34.8 Å². The first-order valence-corrected chi connectivity index (χ1v) is 4.42. The highest BCUT2D eigenvalue weighted by Crippen LogP contribution is 2.36. The van der Waals surface area contributed by atoms with Gasteiger partial charge in [-0.15, -0.1) is 0 Å². The summed E-state index contributed by atoms with van der Waals surface area (Å²) in [7, 11) is 0. The van der Waals surface area contributed by atoms with E-state index in [1.165, 1.54) is 0 Å². The summed E-state index contributed by atoms with van der Waals surface area (Å²) in [6.45, 7) is 0. The lowest BCUT2D eigenvalue weighted by atomic mass is 10.3. The van der Waals surface area contributed by atoms with Crippen LogP contribution in [0.3, 0.4) is 0 Å². The Labute approximate surface area is 90.0 Å². The zero-order valence-corrected chi connectivity index (χ0v) is 8.73. The molecule has 0 aliphatic carbocycles. The van der Waals surface area contributed by atoms with Gasteiger partial charge in [-0.1, -0.05) is 34.8 Å². The molecule has 0 bridgehead atoms. The molecule has 1 nitrogen and oxygen atoms in total. The molecule has 0 atom stereocenters. The highest BCUT2D eigenvalue weighted by Gasteiger charge is 2.06. The van der Waals surface area contributed by atoms with Gasteiger partial charge in [-0.3, -0.25) is 0 Å². The van der Waals surface area contributed by atoms with Crippen LogP contribution in [0.4, 0.5) is 5.69 Å². The van der Waals surface area contributed by atoms with Crippen molar-refractivity contribution in [3.8, 4) is 0 Å². The number of nitrogens with zero attached hydrogens (tertiary/aromatic N) is 1. The number of hydrogen-bond acceptors (Lipinski definition) is 2. The maximum absolute atomic E-state index is 5.78. The molecule has 1 rings (SSSR count). The molecule has 0 aliphatic rings. The Morgan fingerprint density at radius 1 is 1.17 bits per heavy atom. The Morgan fingerprint density at radius 2 is 1.83 bits per heavy atom.